The molecule has 7 nitrogen and oxygen atoms in total. The third kappa shape index (κ3) is 5.14. The van der Waals surface area contributed by atoms with Gasteiger partial charge in [-0.25, -0.2) is 4.98 Å². The first kappa shape index (κ1) is 24.4. The van der Waals surface area contributed by atoms with Crippen LogP contribution >= 0.6 is 12.6 Å². The smallest absolute Gasteiger partial charge is 0.257 e. The summed E-state index contributed by atoms with van der Waals surface area (Å²) in [5.74, 6) is 2.02. The number of fused-ring (bicyclic) bond motifs is 2. The number of benzene rings is 1. The lowest BCUT2D eigenvalue weighted by molar-refractivity contribution is 0.131. The van der Waals surface area contributed by atoms with E-state index in [2.05, 4.69) is 28.8 Å². The maximum atomic E-state index is 13.1. The summed E-state index contributed by atoms with van der Waals surface area (Å²) in [6, 6.07) is 6.02. The van der Waals surface area contributed by atoms with Crippen LogP contribution in [0, 0.1) is 6.92 Å². The van der Waals surface area contributed by atoms with E-state index in [1.54, 1.807) is 0 Å². The maximum absolute atomic E-state index is 13.1. The van der Waals surface area contributed by atoms with Crippen molar-refractivity contribution in [3.05, 3.63) is 51.3 Å². The van der Waals surface area contributed by atoms with E-state index in [0.29, 0.717) is 5.92 Å². The SMILES string of the molecule is Cc1nc2n(c(=O)c1CCN1CCC(c3noc4cc(OC(C)(C)C)ccc34)CC1)CCCC2S. The van der Waals surface area contributed by atoms with E-state index in [4.69, 9.17) is 14.2 Å². The van der Waals surface area contributed by atoms with E-state index in [0.717, 1.165) is 97.8 Å². The third-order valence-corrected chi connectivity index (χ3v) is 7.69. The Morgan fingerprint density at radius 1 is 1.17 bits per heavy atom. The van der Waals surface area contributed by atoms with Crippen molar-refractivity contribution in [3.8, 4) is 5.75 Å². The van der Waals surface area contributed by atoms with Crippen molar-refractivity contribution in [2.75, 3.05) is 19.6 Å². The van der Waals surface area contributed by atoms with Gasteiger partial charge in [-0.1, -0.05) is 5.16 Å². The minimum Gasteiger partial charge on any atom is -0.488 e. The third-order valence-electron chi connectivity index (χ3n) is 7.20. The average Bonchev–Trinajstić information content (AvgIpc) is 3.22. The van der Waals surface area contributed by atoms with Crippen LogP contribution in [0.1, 0.15) is 80.4 Å². The van der Waals surface area contributed by atoms with Crippen molar-refractivity contribution in [2.45, 2.75) is 83.1 Å². The second-order valence-corrected chi connectivity index (χ2v) is 11.6. The highest BCUT2D eigenvalue weighted by molar-refractivity contribution is 7.80. The van der Waals surface area contributed by atoms with Gasteiger partial charge in [0.05, 0.1) is 10.9 Å². The standard InChI is InChI=1S/C27H36N4O3S/c1-17-20(26(32)31-12-5-6-23(35)25(31)28-17)11-15-30-13-9-18(10-14-30)24-21-8-7-19(33-27(2,3)4)16-22(21)34-29-24/h7-8,16,18,23,35H,5-6,9-15H2,1-4H3. The van der Waals surface area contributed by atoms with Crippen LogP contribution in [0.2, 0.25) is 0 Å². The Labute approximate surface area is 212 Å². The number of likely N-dealkylation sites (tertiary alicyclic amines) is 1. The first-order valence-corrected chi connectivity index (χ1v) is 13.3. The van der Waals surface area contributed by atoms with E-state index < -0.39 is 0 Å². The summed E-state index contributed by atoms with van der Waals surface area (Å²) in [7, 11) is 0. The van der Waals surface area contributed by atoms with Crippen LogP contribution in [0.15, 0.2) is 27.5 Å². The van der Waals surface area contributed by atoms with Crippen molar-refractivity contribution in [1.82, 2.24) is 19.6 Å². The molecule has 5 rings (SSSR count). The van der Waals surface area contributed by atoms with Gasteiger partial charge >= 0.3 is 0 Å². The Bertz CT molecular complexity index is 1270. The second kappa shape index (κ2) is 9.62. The number of rotatable bonds is 5. The van der Waals surface area contributed by atoms with Crippen LogP contribution in [0.4, 0.5) is 0 Å². The molecule has 0 bridgehead atoms. The summed E-state index contributed by atoms with van der Waals surface area (Å²) in [6.45, 7) is 11.7. The minimum absolute atomic E-state index is 0.0634. The largest absolute Gasteiger partial charge is 0.488 e. The predicted molar refractivity (Wildman–Crippen MR) is 141 cm³/mol. The van der Waals surface area contributed by atoms with Crippen molar-refractivity contribution in [2.24, 2.45) is 0 Å². The molecule has 0 radical (unpaired) electrons. The van der Waals surface area contributed by atoms with Crippen LogP contribution in [0.5, 0.6) is 5.75 Å². The first-order chi connectivity index (χ1) is 16.7. The fourth-order valence-corrected chi connectivity index (χ4v) is 5.78. The molecule has 35 heavy (non-hydrogen) atoms. The number of aryl methyl sites for hydroxylation is 1. The molecular weight excluding hydrogens is 460 g/mol. The topological polar surface area (TPSA) is 73.4 Å². The van der Waals surface area contributed by atoms with Gasteiger partial charge in [0.1, 0.15) is 17.2 Å². The number of hydrogen-bond acceptors (Lipinski definition) is 7. The molecule has 1 saturated heterocycles. The molecule has 1 unspecified atom stereocenters. The Kier molecular flexibility index (Phi) is 6.70. The summed E-state index contributed by atoms with van der Waals surface area (Å²) < 4.78 is 13.5. The Balaban J connectivity index is 1.22. The molecule has 188 valence electrons. The zero-order chi connectivity index (χ0) is 24.7. The molecular formula is C27H36N4O3S. The molecule has 0 aliphatic carbocycles. The second-order valence-electron chi connectivity index (χ2n) is 11.0. The van der Waals surface area contributed by atoms with Gasteiger partial charge in [-0.15, -0.1) is 0 Å². The van der Waals surface area contributed by atoms with E-state index in [-0.39, 0.29) is 16.4 Å². The lowest BCUT2D eigenvalue weighted by Gasteiger charge is -2.31. The molecule has 2 aliphatic rings. The molecule has 1 atom stereocenters. The monoisotopic (exact) mass is 496 g/mol. The minimum atomic E-state index is -0.252. The van der Waals surface area contributed by atoms with Crippen LogP contribution in [0.3, 0.4) is 0 Å². The summed E-state index contributed by atoms with van der Waals surface area (Å²) in [4.78, 5) is 20.3. The van der Waals surface area contributed by atoms with E-state index in [1.165, 1.54) is 0 Å². The number of piperidine rings is 1. The molecule has 4 heterocycles. The van der Waals surface area contributed by atoms with Gasteiger partial charge in [-0.2, -0.15) is 12.6 Å². The fraction of sp³-hybridized carbons (Fsp3) is 0.593. The normalized spacial score (nSPS) is 19.7. The van der Waals surface area contributed by atoms with Crippen molar-refractivity contribution in [1.29, 1.82) is 0 Å². The zero-order valence-electron chi connectivity index (χ0n) is 21.2. The number of aromatic nitrogens is 3. The molecule has 0 amide bonds. The predicted octanol–water partition coefficient (Wildman–Crippen LogP) is 5.06. The molecule has 3 aromatic rings. The van der Waals surface area contributed by atoms with Gasteiger partial charge < -0.3 is 14.2 Å². The lowest BCUT2D eigenvalue weighted by atomic mass is 9.91. The zero-order valence-corrected chi connectivity index (χ0v) is 22.1. The summed E-state index contributed by atoms with van der Waals surface area (Å²) in [5.41, 5.74) is 3.43. The van der Waals surface area contributed by atoms with Gasteiger partial charge in [-0.05, 0) is 85.0 Å². The number of hydrogen-bond donors (Lipinski definition) is 1. The van der Waals surface area contributed by atoms with Crippen molar-refractivity contribution in [3.63, 3.8) is 0 Å². The van der Waals surface area contributed by atoms with E-state index in [1.807, 2.05) is 44.4 Å². The molecule has 2 aliphatic heterocycles. The summed E-state index contributed by atoms with van der Waals surface area (Å²) in [6.07, 6.45) is 4.77. The van der Waals surface area contributed by atoms with Crippen LogP contribution in [-0.4, -0.2) is 44.8 Å². The Morgan fingerprint density at radius 2 is 1.94 bits per heavy atom. The van der Waals surface area contributed by atoms with Crippen molar-refractivity contribution < 1.29 is 9.26 Å². The van der Waals surface area contributed by atoms with Gasteiger partial charge in [0.2, 0.25) is 0 Å². The molecule has 8 heteroatoms. The highest BCUT2D eigenvalue weighted by atomic mass is 32.1. The quantitative estimate of drug-likeness (QED) is 0.498. The summed E-state index contributed by atoms with van der Waals surface area (Å²) in [5, 5.41) is 5.58. The van der Waals surface area contributed by atoms with E-state index >= 15 is 0 Å². The Hall–Kier alpha value is -2.32. The first-order valence-electron chi connectivity index (χ1n) is 12.8. The van der Waals surface area contributed by atoms with Crippen LogP contribution < -0.4 is 10.3 Å². The number of ether oxygens (including phenoxy) is 1. The van der Waals surface area contributed by atoms with Gasteiger partial charge in [-0.3, -0.25) is 9.36 Å². The molecule has 0 spiro atoms. The van der Waals surface area contributed by atoms with Gasteiger partial charge in [0, 0.05) is 41.7 Å². The molecule has 1 fully saturated rings. The Morgan fingerprint density at radius 3 is 2.69 bits per heavy atom. The molecule has 0 saturated carbocycles. The summed E-state index contributed by atoms with van der Waals surface area (Å²) >= 11 is 4.63. The van der Waals surface area contributed by atoms with Crippen LogP contribution in [0.25, 0.3) is 11.0 Å². The van der Waals surface area contributed by atoms with Crippen LogP contribution in [-0.2, 0) is 13.0 Å². The molecule has 0 N–H and O–H groups in total. The molecule has 1 aromatic carbocycles. The number of thiol groups is 1. The maximum Gasteiger partial charge on any atom is 0.257 e. The van der Waals surface area contributed by atoms with Gasteiger partial charge in [0.15, 0.2) is 5.58 Å². The highest BCUT2D eigenvalue weighted by Gasteiger charge is 2.27. The highest BCUT2D eigenvalue weighted by Crippen LogP contribution is 2.34. The number of nitrogens with zero attached hydrogens (tertiary/aromatic N) is 4. The van der Waals surface area contributed by atoms with E-state index in [9.17, 15) is 4.79 Å². The van der Waals surface area contributed by atoms with Gasteiger partial charge in [0.25, 0.3) is 5.56 Å². The fourth-order valence-electron chi connectivity index (χ4n) is 5.40. The lowest BCUT2D eigenvalue weighted by Crippen LogP contribution is -2.37. The molecule has 2 aromatic heterocycles. The van der Waals surface area contributed by atoms with Crippen molar-refractivity contribution >= 4 is 23.6 Å². The average molecular weight is 497 g/mol.